The van der Waals surface area contributed by atoms with E-state index in [4.69, 9.17) is 18.9 Å². The van der Waals surface area contributed by atoms with Crippen molar-refractivity contribution in [3.05, 3.63) is 36.7 Å². The molecule has 0 unspecified atom stereocenters. The van der Waals surface area contributed by atoms with Crippen molar-refractivity contribution in [1.82, 2.24) is 10.2 Å². The van der Waals surface area contributed by atoms with Crippen LogP contribution in [-0.2, 0) is 9.47 Å². The zero-order chi connectivity index (χ0) is 15.9. The van der Waals surface area contributed by atoms with Gasteiger partial charge in [0.1, 0.15) is 11.5 Å². The lowest BCUT2D eigenvalue weighted by Gasteiger charge is -2.16. The van der Waals surface area contributed by atoms with Crippen LogP contribution in [0.4, 0.5) is 0 Å². The highest BCUT2D eigenvalue weighted by atomic mass is 16.5. The average Bonchev–Trinajstić information content (AvgIpc) is 2.89. The maximum atomic E-state index is 5.93. The van der Waals surface area contributed by atoms with Gasteiger partial charge in [0.05, 0.1) is 52.5 Å². The van der Waals surface area contributed by atoms with Crippen molar-refractivity contribution in [1.29, 1.82) is 0 Å². The third-order valence-corrected chi connectivity index (χ3v) is 3.60. The Kier molecular flexibility index (Phi) is 5.39. The summed E-state index contributed by atoms with van der Waals surface area (Å²) in [6, 6.07) is 7.69. The average molecular weight is 316 g/mol. The smallest absolute Gasteiger partial charge is 0.123 e. The van der Waals surface area contributed by atoms with Gasteiger partial charge >= 0.3 is 0 Å². The van der Waals surface area contributed by atoms with Gasteiger partial charge in [-0.3, -0.25) is 0 Å². The van der Waals surface area contributed by atoms with E-state index in [0.29, 0.717) is 33.0 Å². The van der Waals surface area contributed by atoms with Gasteiger partial charge in [0.15, 0.2) is 0 Å². The normalized spacial score (nSPS) is 15.9. The molecule has 0 aliphatic carbocycles. The van der Waals surface area contributed by atoms with Gasteiger partial charge in [-0.2, -0.15) is 10.2 Å². The molecule has 6 nitrogen and oxygen atoms in total. The number of hydrogen-bond donors (Lipinski definition) is 0. The van der Waals surface area contributed by atoms with Crippen molar-refractivity contribution in [2.45, 2.75) is 0 Å². The maximum absolute atomic E-state index is 5.93. The van der Waals surface area contributed by atoms with Gasteiger partial charge in [0.2, 0.25) is 0 Å². The Morgan fingerprint density at radius 3 is 2.52 bits per heavy atom. The van der Waals surface area contributed by atoms with Crippen LogP contribution in [0, 0.1) is 5.92 Å². The van der Waals surface area contributed by atoms with Gasteiger partial charge < -0.3 is 18.9 Å². The van der Waals surface area contributed by atoms with Crippen LogP contribution < -0.4 is 9.47 Å². The van der Waals surface area contributed by atoms with Crippen molar-refractivity contribution >= 4 is 0 Å². The largest absolute Gasteiger partial charge is 0.497 e. The molecule has 1 aliphatic rings. The van der Waals surface area contributed by atoms with Crippen LogP contribution in [0.15, 0.2) is 36.7 Å². The summed E-state index contributed by atoms with van der Waals surface area (Å²) in [6.07, 6.45) is 3.38. The van der Waals surface area contributed by atoms with Gasteiger partial charge in [0.25, 0.3) is 0 Å². The molecule has 6 heteroatoms. The molecule has 2 heterocycles. The third-order valence-electron chi connectivity index (χ3n) is 3.60. The predicted molar refractivity (Wildman–Crippen MR) is 84.6 cm³/mol. The fraction of sp³-hybridized carbons (Fsp3) is 0.412. The summed E-state index contributed by atoms with van der Waals surface area (Å²) >= 11 is 0. The summed E-state index contributed by atoms with van der Waals surface area (Å²) in [5, 5.41) is 7.71. The standard InChI is InChI=1S/C17H20N2O4/c1-20-16-6-15(14-2-3-18-19-9-14)7-17(8-16)23-12-13-10-21-4-5-22-11-13/h2-3,6-9,13H,4-5,10-12H2,1H3. The van der Waals surface area contributed by atoms with Crippen LogP contribution in [0.2, 0.25) is 0 Å². The second kappa shape index (κ2) is 7.89. The molecule has 1 saturated heterocycles. The lowest BCUT2D eigenvalue weighted by Crippen LogP contribution is -2.20. The van der Waals surface area contributed by atoms with Gasteiger partial charge in [-0.1, -0.05) is 0 Å². The lowest BCUT2D eigenvalue weighted by molar-refractivity contribution is 0.101. The summed E-state index contributed by atoms with van der Waals surface area (Å²) in [5.74, 6) is 1.72. The van der Waals surface area contributed by atoms with Crippen LogP contribution in [0.5, 0.6) is 11.5 Å². The van der Waals surface area contributed by atoms with E-state index < -0.39 is 0 Å². The molecule has 2 aromatic rings. The Balaban J connectivity index is 1.73. The second-order valence-electron chi connectivity index (χ2n) is 5.36. The molecular weight excluding hydrogens is 296 g/mol. The van der Waals surface area contributed by atoms with Crippen molar-refractivity contribution < 1.29 is 18.9 Å². The van der Waals surface area contributed by atoms with Crippen molar-refractivity contribution in [2.24, 2.45) is 5.92 Å². The van der Waals surface area contributed by atoms with Gasteiger partial charge in [-0.25, -0.2) is 0 Å². The summed E-state index contributed by atoms with van der Waals surface area (Å²) in [4.78, 5) is 0. The SMILES string of the molecule is COc1cc(OCC2COCCOC2)cc(-c2ccnnc2)c1. The van der Waals surface area contributed by atoms with Crippen LogP contribution in [-0.4, -0.2) is 50.3 Å². The lowest BCUT2D eigenvalue weighted by atomic mass is 10.1. The summed E-state index contributed by atoms with van der Waals surface area (Å²) < 4.78 is 22.3. The predicted octanol–water partition coefficient (Wildman–Crippen LogP) is 2.19. The number of hydrogen-bond acceptors (Lipinski definition) is 6. The fourth-order valence-corrected chi connectivity index (χ4v) is 2.38. The molecule has 23 heavy (non-hydrogen) atoms. The first kappa shape index (κ1) is 15.7. The molecule has 3 rings (SSSR count). The summed E-state index contributed by atoms with van der Waals surface area (Å²) in [6.45, 7) is 3.15. The van der Waals surface area contributed by atoms with Crippen molar-refractivity contribution in [3.8, 4) is 22.6 Å². The zero-order valence-corrected chi connectivity index (χ0v) is 13.1. The molecule has 0 amide bonds. The topological polar surface area (TPSA) is 62.7 Å². The van der Waals surface area contributed by atoms with E-state index in [0.717, 1.165) is 22.6 Å². The molecule has 0 atom stereocenters. The van der Waals surface area contributed by atoms with Crippen LogP contribution in [0.3, 0.4) is 0 Å². The number of nitrogens with zero attached hydrogens (tertiary/aromatic N) is 2. The van der Waals surface area contributed by atoms with Crippen LogP contribution in [0.1, 0.15) is 0 Å². The molecule has 1 aliphatic heterocycles. The van der Waals surface area contributed by atoms with E-state index in [-0.39, 0.29) is 5.92 Å². The molecule has 0 bridgehead atoms. The Morgan fingerprint density at radius 1 is 1.04 bits per heavy atom. The Hall–Kier alpha value is -2.18. The monoisotopic (exact) mass is 316 g/mol. The van der Waals surface area contributed by atoms with Gasteiger partial charge in [-0.15, -0.1) is 0 Å². The quantitative estimate of drug-likeness (QED) is 0.842. The third kappa shape index (κ3) is 4.40. The molecule has 0 N–H and O–H groups in total. The first-order valence-electron chi connectivity index (χ1n) is 7.59. The van der Waals surface area contributed by atoms with E-state index in [1.165, 1.54) is 0 Å². The molecule has 1 aromatic heterocycles. The Bertz CT molecular complexity index is 613. The van der Waals surface area contributed by atoms with E-state index in [1.54, 1.807) is 19.5 Å². The number of aromatic nitrogens is 2. The molecule has 122 valence electrons. The highest BCUT2D eigenvalue weighted by Crippen LogP contribution is 2.29. The maximum Gasteiger partial charge on any atom is 0.123 e. The van der Waals surface area contributed by atoms with E-state index in [9.17, 15) is 0 Å². The van der Waals surface area contributed by atoms with E-state index in [1.807, 2.05) is 24.3 Å². The Morgan fingerprint density at radius 2 is 1.83 bits per heavy atom. The number of benzene rings is 1. The highest BCUT2D eigenvalue weighted by Gasteiger charge is 2.14. The minimum atomic E-state index is 0.231. The molecule has 1 aromatic carbocycles. The molecule has 0 radical (unpaired) electrons. The van der Waals surface area contributed by atoms with Gasteiger partial charge in [0, 0.05) is 17.5 Å². The molecule has 0 spiro atoms. The van der Waals surface area contributed by atoms with E-state index in [2.05, 4.69) is 10.2 Å². The molecule has 1 fully saturated rings. The first-order valence-corrected chi connectivity index (χ1v) is 7.59. The van der Waals surface area contributed by atoms with Crippen molar-refractivity contribution in [3.63, 3.8) is 0 Å². The minimum absolute atomic E-state index is 0.231. The number of methoxy groups -OCH3 is 1. The fourth-order valence-electron chi connectivity index (χ4n) is 2.38. The Labute approximate surface area is 135 Å². The van der Waals surface area contributed by atoms with Gasteiger partial charge in [-0.05, 0) is 23.8 Å². The minimum Gasteiger partial charge on any atom is -0.497 e. The first-order chi connectivity index (χ1) is 11.3. The number of ether oxygens (including phenoxy) is 4. The van der Waals surface area contributed by atoms with Crippen molar-refractivity contribution in [2.75, 3.05) is 40.1 Å². The van der Waals surface area contributed by atoms with Crippen LogP contribution in [0.25, 0.3) is 11.1 Å². The second-order valence-corrected chi connectivity index (χ2v) is 5.36. The molecule has 0 saturated carbocycles. The van der Waals surface area contributed by atoms with Crippen LogP contribution >= 0.6 is 0 Å². The van der Waals surface area contributed by atoms with E-state index >= 15 is 0 Å². The number of rotatable bonds is 5. The zero-order valence-electron chi connectivity index (χ0n) is 13.1. The summed E-state index contributed by atoms with van der Waals surface area (Å²) in [5.41, 5.74) is 1.94. The molecular formula is C17H20N2O4. The highest BCUT2D eigenvalue weighted by molar-refractivity contribution is 5.66. The summed E-state index contributed by atoms with van der Waals surface area (Å²) in [7, 11) is 1.64.